The van der Waals surface area contributed by atoms with Gasteiger partial charge in [-0.2, -0.15) is 0 Å². The van der Waals surface area contributed by atoms with Crippen molar-refractivity contribution >= 4 is 5.97 Å². The van der Waals surface area contributed by atoms with Gasteiger partial charge in [0.15, 0.2) is 0 Å². The highest BCUT2D eigenvalue weighted by Crippen LogP contribution is 2.48. The number of fused-ring (bicyclic) bond motifs is 1. The van der Waals surface area contributed by atoms with Crippen LogP contribution in [0.4, 0.5) is 0 Å². The lowest BCUT2D eigenvalue weighted by Gasteiger charge is -2.29. The molecule has 3 nitrogen and oxygen atoms in total. The molecule has 3 atom stereocenters. The van der Waals surface area contributed by atoms with Gasteiger partial charge in [0.2, 0.25) is 0 Å². The second kappa shape index (κ2) is 2.46. The molecule has 12 heavy (non-hydrogen) atoms. The molecule has 0 unspecified atom stereocenters. The number of ether oxygens (including phenoxy) is 1. The maximum Gasteiger partial charge on any atom is 0.309 e. The van der Waals surface area contributed by atoms with Crippen molar-refractivity contribution in [1.82, 2.24) is 0 Å². The van der Waals surface area contributed by atoms with Crippen molar-refractivity contribution in [2.45, 2.75) is 44.8 Å². The lowest BCUT2D eigenvalue weighted by Crippen LogP contribution is -2.35. The molecular weight excluding hydrogens is 156 g/mol. The molecule has 0 aromatic rings. The number of carboxylic acid groups (broad SMARTS) is 1. The minimum absolute atomic E-state index is 0.259. The third kappa shape index (κ3) is 1.04. The van der Waals surface area contributed by atoms with Gasteiger partial charge in [0.05, 0.1) is 17.6 Å². The number of carboxylic acids is 1. The first-order chi connectivity index (χ1) is 5.68. The summed E-state index contributed by atoms with van der Waals surface area (Å²) >= 11 is 0. The second-order valence-corrected chi connectivity index (χ2v) is 3.89. The normalized spacial score (nSPS) is 45.1. The minimum atomic E-state index is -0.640. The van der Waals surface area contributed by atoms with Crippen LogP contribution >= 0.6 is 0 Å². The minimum Gasteiger partial charge on any atom is -0.481 e. The Morgan fingerprint density at radius 2 is 2.42 bits per heavy atom. The Morgan fingerprint density at radius 1 is 1.67 bits per heavy atom. The van der Waals surface area contributed by atoms with Crippen molar-refractivity contribution in [2.24, 2.45) is 5.41 Å². The van der Waals surface area contributed by atoms with Crippen molar-refractivity contribution in [3.63, 3.8) is 0 Å². The van der Waals surface area contributed by atoms with Gasteiger partial charge in [-0.15, -0.1) is 0 Å². The summed E-state index contributed by atoms with van der Waals surface area (Å²) in [6.07, 6.45) is 3.84. The summed E-state index contributed by atoms with van der Waals surface area (Å²) in [5.74, 6) is -0.640. The maximum atomic E-state index is 11.0. The average Bonchev–Trinajstić information content (AvgIpc) is 2.80. The topological polar surface area (TPSA) is 49.8 Å². The smallest absolute Gasteiger partial charge is 0.309 e. The Kier molecular flexibility index (Phi) is 1.65. The van der Waals surface area contributed by atoms with Gasteiger partial charge in [-0.05, 0) is 25.7 Å². The molecule has 1 aliphatic heterocycles. The highest BCUT2D eigenvalue weighted by atomic mass is 16.6. The summed E-state index contributed by atoms with van der Waals surface area (Å²) in [6.45, 7) is 1.96. The van der Waals surface area contributed by atoms with E-state index in [0.29, 0.717) is 6.10 Å². The zero-order valence-corrected chi connectivity index (χ0v) is 7.25. The van der Waals surface area contributed by atoms with Crippen molar-refractivity contribution in [2.75, 3.05) is 0 Å². The van der Waals surface area contributed by atoms with E-state index < -0.39 is 11.4 Å². The van der Waals surface area contributed by atoms with E-state index in [1.807, 2.05) is 6.92 Å². The molecule has 1 N–H and O–H groups in total. The lowest BCUT2D eigenvalue weighted by molar-refractivity contribution is -0.150. The maximum absolute atomic E-state index is 11.0. The zero-order chi connectivity index (χ0) is 8.77. The molecule has 0 aromatic heterocycles. The fourth-order valence-electron chi connectivity index (χ4n) is 2.18. The lowest BCUT2D eigenvalue weighted by atomic mass is 9.72. The van der Waals surface area contributed by atoms with Crippen molar-refractivity contribution in [3.05, 3.63) is 0 Å². The summed E-state index contributed by atoms with van der Waals surface area (Å²) in [5, 5.41) is 9.07. The van der Waals surface area contributed by atoms with Crippen LogP contribution in [0.25, 0.3) is 0 Å². The monoisotopic (exact) mass is 170 g/mol. The van der Waals surface area contributed by atoms with Crippen LogP contribution in [0.2, 0.25) is 0 Å². The highest BCUT2D eigenvalue weighted by molar-refractivity contribution is 5.75. The third-order valence-electron chi connectivity index (χ3n) is 3.32. The molecule has 2 fully saturated rings. The molecule has 2 aliphatic rings. The van der Waals surface area contributed by atoms with E-state index in [0.717, 1.165) is 25.7 Å². The number of epoxide rings is 1. The Hall–Kier alpha value is -0.570. The SMILES string of the molecule is CC[C@]1(C(=O)O)CC[C@H]2O[C@H]2C1. The molecule has 1 saturated carbocycles. The summed E-state index contributed by atoms with van der Waals surface area (Å²) in [4.78, 5) is 11.0. The van der Waals surface area contributed by atoms with Crippen LogP contribution in [-0.2, 0) is 9.53 Å². The van der Waals surface area contributed by atoms with Crippen LogP contribution in [0.5, 0.6) is 0 Å². The molecule has 0 aromatic carbocycles. The third-order valence-corrected chi connectivity index (χ3v) is 3.32. The van der Waals surface area contributed by atoms with Crippen LogP contribution in [0.15, 0.2) is 0 Å². The molecule has 68 valence electrons. The molecule has 3 heteroatoms. The Labute approximate surface area is 71.7 Å². The summed E-state index contributed by atoms with van der Waals surface area (Å²) in [7, 11) is 0. The molecule has 0 spiro atoms. The largest absolute Gasteiger partial charge is 0.481 e. The Bertz CT molecular complexity index is 214. The van der Waals surface area contributed by atoms with Crippen molar-refractivity contribution < 1.29 is 14.6 Å². The molecule has 1 aliphatic carbocycles. The van der Waals surface area contributed by atoms with E-state index in [4.69, 9.17) is 9.84 Å². The fraction of sp³-hybridized carbons (Fsp3) is 0.889. The molecule has 2 rings (SSSR count). The van der Waals surface area contributed by atoms with Gasteiger partial charge in [0.1, 0.15) is 0 Å². The summed E-state index contributed by atoms with van der Waals surface area (Å²) < 4.78 is 5.32. The van der Waals surface area contributed by atoms with Crippen molar-refractivity contribution in [1.29, 1.82) is 0 Å². The predicted molar refractivity (Wildman–Crippen MR) is 42.9 cm³/mol. The van der Waals surface area contributed by atoms with Crippen LogP contribution < -0.4 is 0 Å². The molecule has 1 saturated heterocycles. The van der Waals surface area contributed by atoms with Gasteiger partial charge in [-0.1, -0.05) is 6.92 Å². The standard InChI is InChI=1S/C9H14O3/c1-2-9(8(10)11)4-3-6-7(5-9)12-6/h6-7H,2-5H2,1H3,(H,10,11)/t6-,7+,9+/m1/s1. The Morgan fingerprint density at radius 3 is 2.92 bits per heavy atom. The van der Waals surface area contributed by atoms with Crippen LogP contribution in [0.1, 0.15) is 32.6 Å². The number of hydrogen-bond acceptors (Lipinski definition) is 2. The van der Waals surface area contributed by atoms with Gasteiger partial charge in [-0.3, -0.25) is 4.79 Å². The van der Waals surface area contributed by atoms with Crippen LogP contribution in [0.3, 0.4) is 0 Å². The zero-order valence-electron chi connectivity index (χ0n) is 7.25. The van der Waals surface area contributed by atoms with Gasteiger partial charge >= 0.3 is 5.97 Å². The van der Waals surface area contributed by atoms with E-state index in [2.05, 4.69) is 0 Å². The van der Waals surface area contributed by atoms with E-state index >= 15 is 0 Å². The first-order valence-corrected chi connectivity index (χ1v) is 4.57. The van der Waals surface area contributed by atoms with E-state index in [9.17, 15) is 4.79 Å². The van der Waals surface area contributed by atoms with Gasteiger partial charge < -0.3 is 9.84 Å². The number of hydrogen-bond donors (Lipinski definition) is 1. The van der Waals surface area contributed by atoms with Gasteiger partial charge in [0.25, 0.3) is 0 Å². The van der Waals surface area contributed by atoms with Gasteiger partial charge in [-0.25, -0.2) is 0 Å². The van der Waals surface area contributed by atoms with Crippen LogP contribution in [-0.4, -0.2) is 23.3 Å². The first-order valence-electron chi connectivity index (χ1n) is 4.57. The van der Waals surface area contributed by atoms with E-state index in [1.54, 1.807) is 0 Å². The predicted octanol–water partition coefficient (Wildman–Crippen LogP) is 1.42. The quantitative estimate of drug-likeness (QED) is 0.637. The highest BCUT2D eigenvalue weighted by Gasteiger charge is 2.53. The molecule has 0 radical (unpaired) electrons. The average molecular weight is 170 g/mol. The Balaban J connectivity index is 2.11. The summed E-state index contributed by atoms with van der Waals surface area (Å²) in [6, 6.07) is 0. The van der Waals surface area contributed by atoms with Crippen LogP contribution in [0, 0.1) is 5.41 Å². The van der Waals surface area contributed by atoms with E-state index in [-0.39, 0.29) is 6.10 Å². The van der Waals surface area contributed by atoms with Gasteiger partial charge in [0, 0.05) is 0 Å². The summed E-state index contributed by atoms with van der Waals surface area (Å²) in [5.41, 5.74) is -0.475. The number of rotatable bonds is 2. The van der Waals surface area contributed by atoms with E-state index in [1.165, 1.54) is 0 Å². The van der Waals surface area contributed by atoms with Crippen molar-refractivity contribution in [3.8, 4) is 0 Å². The molecule has 0 bridgehead atoms. The number of aliphatic carboxylic acids is 1. The molecular formula is C9H14O3. The number of carbonyl (C=O) groups is 1. The second-order valence-electron chi connectivity index (χ2n) is 3.89. The molecule has 0 amide bonds. The fourth-order valence-corrected chi connectivity index (χ4v) is 2.18. The molecule has 1 heterocycles. The first kappa shape index (κ1) is 8.05.